The number of fused-ring (bicyclic) bond motifs is 2. The van der Waals surface area contributed by atoms with Crippen LogP contribution in [0.2, 0.25) is 0 Å². The minimum Gasteiger partial charge on any atom is -0.467 e. The number of hydrogen-bond donors (Lipinski definition) is 1. The Morgan fingerprint density at radius 3 is 2.61 bits per heavy atom. The van der Waals surface area contributed by atoms with Crippen molar-refractivity contribution in [3.63, 3.8) is 0 Å². The number of amides is 1. The fraction of sp³-hybridized carbons (Fsp3) is 0.208. The summed E-state index contributed by atoms with van der Waals surface area (Å²) in [4.78, 5) is 12.9. The van der Waals surface area contributed by atoms with Crippen molar-refractivity contribution in [2.75, 3.05) is 0 Å². The molecule has 0 fully saturated rings. The first kappa shape index (κ1) is 16.9. The molecule has 2 heterocycles. The van der Waals surface area contributed by atoms with Gasteiger partial charge >= 0.3 is 0 Å². The molecule has 4 nitrogen and oxygen atoms in total. The topological polar surface area (TPSA) is 55.4 Å². The summed E-state index contributed by atoms with van der Waals surface area (Å²) >= 11 is 0. The van der Waals surface area contributed by atoms with E-state index in [0.29, 0.717) is 0 Å². The first-order valence-corrected chi connectivity index (χ1v) is 9.67. The van der Waals surface area contributed by atoms with Gasteiger partial charge in [-0.3, -0.25) is 4.79 Å². The van der Waals surface area contributed by atoms with Crippen LogP contribution < -0.4 is 5.32 Å². The van der Waals surface area contributed by atoms with Crippen LogP contribution in [0, 0.1) is 0 Å². The van der Waals surface area contributed by atoms with E-state index in [-0.39, 0.29) is 18.4 Å². The maximum Gasteiger partial charge on any atom is 0.225 e. The second-order valence-electron chi connectivity index (χ2n) is 7.33. The van der Waals surface area contributed by atoms with Gasteiger partial charge in [-0.2, -0.15) is 0 Å². The number of furan rings is 2. The van der Waals surface area contributed by atoms with Gasteiger partial charge in [0.1, 0.15) is 17.4 Å². The van der Waals surface area contributed by atoms with Crippen molar-refractivity contribution >= 4 is 16.9 Å². The molecule has 1 N–H and O–H groups in total. The number of hydrogen-bond acceptors (Lipinski definition) is 3. The molecule has 4 aromatic rings. The van der Waals surface area contributed by atoms with Crippen molar-refractivity contribution in [2.24, 2.45) is 0 Å². The minimum atomic E-state index is -0.314. The summed E-state index contributed by atoms with van der Waals surface area (Å²) in [5, 5.41) is 4.16. The van der Waals surface area contributed by atoms with E-state index in [0.717, 1.165) is 40.7 Å². The Morgan fingerprint density at radius 2 is 1.82 bits per heavy atom. The van der Waals surface area contributed by atoms with E-state index >= 15 is 0 Å². The van der Waals surface area contributed by atoms with Crippen LogP contribution in [0.3, 0.4) is 0 Å². The van der Waals surface area contributed by atoms with E-state index in [1.807, 2.05) is 42.5 Å². The molecule has 0 spiro atoms. The monoisotopic (exact) mass is 371 g/mol. The summed E-state index contributed by atoms with van der Waals surface area (Å²) in [6, 6.07) is 17.6. The van der Waals surface area contributed by atoms with Gasteiger partial charge < -0.3 is 14.2 Å². The summed E-state index contributed by atoms with van der Waals surface area (Å²) in [6.07, 6.45) is 7.03. The summed E-state index contributed by atoms with van der Waals surface area (Å²) in [5.41, 5.74) is 5.54. The molecule has 1 aliphatic rings. The number of carbonyl (C=O) groups excluding carboxylic acids is 1. The molecule has 1 unspecified atom stereocenters. The van der Waals surface area contributed by atoms with Crippen LogP contribution in [-0.2, 0) is 24.1 Å². The molecule has 5 rings (SSSR count). The number of rotatable bonds is 5. The normalized spacial score (nSPS) is 14.1. The quantitative estimate of drug-likeness (QED) is 0.539. The standard InChI is InChI=1S/C24H21NO3/c26-23(25-24(21-10-5-11-27-21)16-6-2-1-3-7-16)14-19-15-28-22-13-18-9-4-8-17(18)12-20(19)22/h1-3,5-7,10-13,15,24H,4,8-9,14H2,(H,25,26). The highest BCUT2D eigenvalue weighted by molar-refractivity contribution is 5.89. The van der Waals surface area contributed by atoms with Crippen LogP contribution in [-0.4, -0.2) is 5.91 Å². The molecular weight excluding hydrogens is 350 g/mol. The fourth-order valence-electron chi connectivity index (χ4n) is 4.09. The van der Waals surface area contributed by atoms with Crippen LogP contribution in [0.15, 0.2) is 76.0 Å². The van der Waals surface area contributed by atoms with Crippen molar-refractivity contribution in [1.29, 1.82) is 0 Å². The Hall–Kier alpha value is -3.27. The van der Waals surface area contributed by atoms with Gasteiger partial charge in [-0.1, -0.05) is 30.3 Å². The molecule has 1 amide bonds. The van der Waals surface area contributed by atoms with E-state index in [2.05, 4.69) is 17.4 Å². The van der Waals surface area contributed by atoms with Gasteiger partial charge in [0, 0.05) is 10.9 Å². The Labute approximate surface area is 163 Å². The molecule has 0 saturated heterocycles. The highest BCUT2D eigenvalue weighted by Crippen LogP contribution is 2.31. The summed E-state index contributed by atoms with van der Waals surface area (Å²) in [6.45, 7) is 0. The van der Waals surface area contributed by atoms with Gasteiger partial charge in [0.05, 0.1) is 18.9 Å². The van der Waals surface area contributed by atoms with E-state index in [1.165, 1.54) is 17.5 Å². The predicted octanol–water partition coefficient (Wildman–Crippen LogP) is 4.96. The zero-order chi connectivity index (χ0) is 18.9. The van der Waals surface area contributed by atoms with Crippen LogP contribution in [0.4, 0.5) is 0 Å². The highest BCUT2D eigenvalue weighted by Gasteiger charge is 2.21. The van der Waals surface area contributed by atoms with Gasteiger partial charge in [-0.05, 0) is 60.2 Å². The molecule has 0 aliphatic heterocycles. The molecule has 0 radical (unpaired) electrons. The smallest absolute Gasteiger partial charge is 0.225 e. The van der Waals surface area contributed by atoms with Crippen LogP contribution in [0.25, 0.3) is 11.0 Å². The lowest BCUT2D eigenvalue weighted by molar-refractivity contribution is -0.121. The third-order valence-corrected chi connectivity index (χ3v) is 5.49. The Balaban J connectivity index is 1.40. The van der Waals surface area contributed by atoms with E-state index in [9.17, 15) is 4.79 Å². The van der Waals surface area contributed by atoms with Gasteiger partial charge in [0.15, 0.2) is 0 Å². The molecule has 2 aromatic carbocycles. The number of aryl methyl sites for hydroxylation is 2. The van der Waals surface area contributed by atoms with Crippen LogP contribution in [0.1, 0.15) is 40.5 Å². The molecule has 4 heteroatoms. The van der Waals surface area contributed by atoms with Crippen molar-refractivity contribution in [2.45, 2.75) is 31.7 Å². The molecule has 0 bridgehead atoms. The fourth-order valence-corrected chi connectivity index (χ4v) is 4.09. The Kier molecular flexibility index (Phi) is 4.24. The zero-order valence-corrected chi connectivity index (χ0v) is 15.5. The van der Waals surface area contributed by atoms with Crippen molar-refractivity contribution < 1.29 is 13.6 Å². The van der Waals surface area contributed by atoms with Crippen LogP contribution >= 0.6 is 0 Å². The molecule has 1 aliphatic carbocycles. The molecule has 140 valence electrons. The summed E-state index contributed by atoms with van der Waals surface area (Å²) in [7, 11) is 0. The molecule has 1 atom stereocenters. The van der Waals surface area contributed by atoms with E-state index in [4.69, 9.17) is 8.83 Å². The van der Waals surface area contributed by atoms with E-state index in [1.54, 1.807) is 12.5 Å². The average molecular weight is 371 g/mol. The molecule has 28 heavy (non-hydrogen) atoms. The average Bonchev–Trinajstić information content (AvgIpc) is 3.47. The summed E-state index contributed by atoms with van der Waals surface area (Å²) < 4.78 is 11.3. The van der Waals surface area contributed by atoms with Gasteiger partial charge in [0.25, 0.3) is 0 Å². The second-order valence-corrected chi connectivity index (χ2v) is 7.33. The van der Waals surface area contributed by atoms with Gasteiger partial charge in [-0.25, -0.2) is 0 Å². The van der Waals surface area contributed by atoms with E-state index < -0.39 is 0 Å². The zero-order valence-electron chi connectivity index (χ0n) is 15.5. The largest absolute Gasteiger partial charge is 0.467 e. The number of carbonyl (C=O) groups is 1. The Bertz CT molecular complexity index is 1110. The predicted molar refractivity (Wildman–Crippen MR) is 107 cm³/mol. The lowest BCUT2D eigenvalue weighted by Crippen LogP contribution is -2.30. The third kappa shape index (κ3) is 3.11. The van der Waals surface area contributed by atoms with Gasteiger partial charge in [-0.15, -0.1) is 0 Å². The van der Waals surface area contributed by atoms with Gasteiger partial charge in [0.2, 0.25) is 5.91 Å². The molecule has 0 saturated carbocycles. The minimum absolute atomic E-state index is 0.0616. The SMILES string of the molecule is O=C(Cc1coc2cc3c(cc12)CCC3)NC(c1ccccc1)c1ccco1. The molecular formula is C24H21NO3. The summed E-state index contributed by atoms with van der Waals surface area (Å²) in [5.74, 6) is 0.655. The van der Waals surface area contributed by atoms with Crippen LogP contribution in [0.5, 0.6) is 0 Å². The van der Waals surface area contributed by atoms with Crippen molar-refractivity contribution in [3.8, 4) is 0 Å². The highest BCUT2D eigenvalue weighted by atomic mass is 16.3. The first-order chi connectivity index (χ1) is 13.8. The van der Waals surface area contributed by atoms with Crippen molar-refractivity contribution in [3.05, 3.63) is 95.1 Å². The maximum absolute atomic E-state index is 12.9. The first-order valence-electron chi connectivity index (χ1n) is 9.67. The maximum atomic E-state index is 12.9. The lowest BCUT2D eigenvalue weighted by atomic mass is 10.0. The number of benzene rings is 2. The van der Waals surface area contributed by atoms with Crippen molar-refractivity contribution in [1.82, 2.24) is 5.32 Å². The molecule has 2 aromatic heterocycles. The number of nitrogens with one attached hydrogen (secondary N) is 1. The lowest BCUT2D eigenvalue weighted by Gasteiger charge is -2.17. The third-order valence-electron chi connectivity index (χ3n) is 5.49. The Morgan fingerprint density at radius 1 is 1.00 bits per heavy atom. The second kappa shape index (κ2) is 7.04.